The van der Waals surface area contributed by atoms with Crippen LogP contribution in [-0.2, 0) is 10.0 Å². The van der Waals surface area contributed by atoms with E-state index >= 15 is 0 Å². The predicted molar refractivity (Wildman–Crippen MR) is 83.9 cm³/mol. The highest BCUT2D eigenvalue weighted by Crippen LogP contribution is 2.26. The highest BCUT2D eigenvalue weighted by molar-refractivity contribution is 7.88. The van der Waals surface area contributed by atoms with Gasteiger partial charge in [0.05, 0.1) is 6.26 Å². The van der Waals surface area contributed by atoms with Crippen molar-refractivity contribution in [1.29, 1.82) is 0 Å². The Labute approximate surface area is 120 Å². The van der Waals surface area contributed by atoms with Gasteiger partial charge in [-0.1, -0.05) is 53.4 Å². The van der Waals surface area contributed by atoms with Crippen molar-refractivity contribution >= 4 is 10.0 Å². The standard InChI is InChI=1S/C15H33NO2S/c1-6-8-9-10-13-16(19(5,17)18)14-11-12-15(3,4)7-2/h6-14H2,1-5H3. The lowest BCUT2D eigenvalue weighted by atomic mass is 9.85. The number of unbranched alkanes of at least 4 members (excludes halogenated alkanes) is 3. The average Bonchev–Trinajstić information content (AvgIpc) is 2.30. The van der Waals surface area contributed by atoms with Gasteiger partial charge >= 0.3 is 0 Å². The number of hydrogen-bond donors (Lipinski definition) is 0. The van der Waals surface area contributed by atoms with Crippen molar-refractivity contribution in [2.24, 2.45) is 5.41 Å². The van der Waals surface area contributed by atoms with Gasteiger partial charge in [0.1, 0.15) is 0 Å². The maximum Gasteiger partial charge on any atom is 0.211 e. The molecule has 0 spiro atoms. The first-order chi connectivity index (χ1) is 8.73. The van der Waals surface area contributed by atoms with Crippen molar-refractivity contribution in [3.05, 3.63) is 0 Å². The predicted octanol–water partition coefficient (Wildman–Crippen LogP) is 4.04. The number of rotatable bonds is 11. The van der Waals surface area contributed by atoms with Gasteiger partial charge < -0.3 is 0 Å². The summed E-state index contributed by atoms with van der Waals surface area (Å²) in [6, 6.07) is 0. The lowest BCUT2D eigenvalue weighted by Gasteiger charge is -2.25. The zero-order valence-corrected chi connectivity index (χ0v) is 14.4. The minimum Gasteiger partial charge on any atom is -0.213 e. The highest BCUT2D eigenvalue weighted by atomic mass is 32.2. The van der Waals surface area contributed by atoms with Crippen LogP contribution in [0, 0.1) is 5.41 Å². The van der Waals surface area contributed by atoms with Gasteiger partial charge in [0.15, 0.2) is 0 Å². The van der Waals surface area contributed by atoms with Gasteiger partial charge in [0.2, 0.25) is 10.0 Å². The van der Waals surface area contributed by atoms with E-state index in [1.54, 1.807) is 4.31 Å². The van der Waals surface area contributed by atoms with Crippen LogP contribution in [0.25, 0.3) is 0 Å². The highest BCUT2D eigenvalue weighted by Gasteiger charge is 2.19. The summed E-state index contributed by atoms with van der Waals surface area (Å²) in [5.41, 5.74) is 0.325. The summed E-state index contributed by atoms with van der Waals surface area (Å²) in [7, 11) is -3.04. The fourth-order valence-electron chi connectivity index (χ4n) is 2.07. The van der Waals surface area contributed by atoms with Gasteiger partial charge in [0, 0.05) is 13.1 Å². The van der Waals surface area contributed by atoms with Crippen LogP contribution >= 0.6 is 0 Å². The van der Waals surface area contributed by atoms with Gasteiger partial charge in [-0.15, -0.1) is 0 Å². The van der Waals surface area contributed by atoms with E-state index < -0.39 is 10.0 Å². The fourth-order valence-corrected chi connectivity index (χ4v) is 2.99. The van der Waals surface area contributed by atoms with Crippen molar-refractivity contribution in [3.8, 4) is 0 Å². The molecule has 0 aromatic rings. The summed E-state index contributed by atoms with van der Waals surface area (Å²) >= 11 is 0. The Morgan fingerprint density at radius 3 is 2.00 bits per heavy atom. The van der Waals surface area contributed by atoms with E-state index in [-0.39, 0.29) is 0 Å². The second kappa shape index (κ2) is 8.96. The molecular weight excluding hydrogens is 258 g/mol. The summed E-state index contributed by atoms with van der Waals surface area (Å²) in [6.45, 7) is 10.2. The number of hydrogen-bond acceptors (Lipinski definition) is 2. The summed E-state index contributed by atoms with van der Waals surface area (Å²) in [6.07, 6.45) is 9.01. The first-order valence-corrected chi connectivity index (χ1v) is 9.53. The van der Waals surface area contributed by atoms with Crippen LogP contribution in [0.4, 0.5) is 0 Å². The number of nitrogens with zero attached hydrogens (tertiary/aromatic N) is 1. The van der Waals surface area contributed by atoms with Crippen molar-refractivity contribution in [2.75, 3.05) is 19.3 Å². The van der Waals surface area contributed by atoms with Gasteiger partial charge in [-0.05, 0) is 24.7 Å². The van der Waals surface area contributed by atoms with Crippen LogP contribution in [0.5, 0.6) is 0 Å². The summed E-state index contributed by atoms with van der Waals surface area (Å²) in [5, 5.41) is 0. The van der Waals surface area contributed by atoms with Crippen LogP contribution in [0.1, 0.15) is 72.6 Å². The zero-order valence-electron chi connectivity index (χ0n) is 13.5. The first kappa shape index (κ1) is 18.9. The molecule has 0 rings (SSSR count). The molecular formula is C15H33NO2S. The van der Waals surface area contributed by atoms with E-state index in [9.17, 15) is 8.42 Å². The molecule has 0 aliphatic carbocycles. The van der Waals surface area contributed by atoms with Crippen LogP contribution in [0.15, 0.2) is 0 Å². The third-order valence-corrected chi connectivity index (χ3v) is 5.25. The summed E-state index contributed by atoms with van der Waals surface area (Å²) in [4.78, 5) is 0. The average molecular weight is 292 g/mol. The molecule has 0 N–H and O–H groups in total. The Kier molecular flexibility index (Phi) is 8.92. The lowest BCUT2D eigenvalue weighted by molar-refractivity contribution is 0.291. The summed E-state index contributed by atoms with van der Waals surface area (Å²) in [5.74, 6) is 0. The first-order valence-electron chi connectivity index (χ1n) is 7.68. The molecule has 0 amide bonds. The van der Waals surface area contributed by atoms with Gasteiger partial charge in [-0.2, -0.15) is 0 Å². The van der Waals surface area contributed by atoms with E-state index in [1.807, 2.05) is 0 Å². The third kappa shape index (κ3) is 9.44. The van der Waals surface area contributed by atoms with E-state index in [1.165, 1.54) is 19.1 Å². The Morgan fingerprint density at radius 1 is 0.947 bits per heavy atom. The van der Waals surface area contributed by atoms with Crippen LogP contribution in [0.2, 0.25) is 0 Å². The Hall–Kier alpha value is -0.0900. The van der Waals surface area contributed by atoms with Crippen molar-refractivity contribution in [2.45, 2.75) is 72.6 Å². The van der Waals surface area contributed by atoms with E-state index in [0.717, 1.165) is 32.1 Å². The molecule has 0 aromatic heterocycles. The molecule has 19 heavy (non-hydrogen) atoms. The molecule has 0 fully saturated rings. The van der Waals surface area contributed by atoms with Crippen molar-refractivity contribution in [1.82, 2.24) is 4.31 Å². The monoisotopic (exact) mass is 291 g/mol. The topological polar surface area (TPSA) is 37.4 Å². The second-order valence-electron chi connectivity index (χ2n) is 6.34. The van der Waals surface area contributed by atoms with Gasteiger partial charge in [0.25, 0.3) is 0 Å². The normalized spacial score (nSPS) is 13.2. The van der Waals surface area contributed by atoms with E-state index in [4.69, 9.17) is 0 Å². The minimum absolute atomic E-state index is 0.325. The quantitative estimate of drug-likeness (QED) is 0.539. The molecule has 0 radical (unpaired) electrons. The van der Waals surface area contributed by atoms with Crippen LogP contribution in [0.3, 0.4) is 0 Å². The second-order valence-corrected chi connectivity index (χ2v) is 8.33. The Balaban J connectivity index is 4.16. The smallest absolute Gasteiger partial charge is 0.211 e. The van der Waals surface area contributed by atoms with Crippen molar-refractivity contribution in [3.63, 3.8) is 0 Å². The van der Waals surface area contributed by atoms with Gasteiger partial charge in [-0.25, -0.2) is 12.7 Å². The summed E-state index contributed by atoms with van der Waals surface area (Å²) < 4.78 is 25.2. The minimum atomic E-state index is -3.04. The fraction of sp³-hybridized carbons (Fsp3) is 1.00. The molecule has 0 bridgehead atoms. The molecule has 0 unspecified atom stereocenters. The van der Waals surface area contributed by atoms with Crippen LogP contribution < -0.4 is 0 Å². The van der Waals surface area contributed by atoms with Crippen molar-refractivity contribution < 1.29 is 8.42 Å². The molecule has 0 aliphatic rings. The van der Waals surface area contributed by atoms with Gasteiger partial charge in [-0.3, -0.25) is 0 Å². The molecule has 3 nitrogen and oxygen atoms in total. The third-order valence-electron chi connectivity index (χ3n) is 3.95. The molecule has 0 aliphatic heterocycles. The Bertz CT molecular complexity index is 323. The van der Waals surface area contributed by atoms with E-state index in [2.05, 4.69) is 27.7 Å². The number of sulfonamides is 1. The molecule has 116 valence electrons. The molecule has 0 atom stereocenters. The molecule has 0 saturated heterocycles. The maximum absolute atomic E-state index is 11.7. The SMILES string of the molecule is CCCCCCN(CCCC(C)(C)CC)S(C)(=O)=O. The lowest BCUT2D eigenvalue weighted by Crippen LogP contribution is -2.32. The molecule has 0 heterocycles. The largest absolute Gasteiger partial charge is 0.213 e. The van der Waals surface area contributed by atoms with E-state index in [0.29, 0.717) is 18.5 Å². The Morgan fingerprint density at radius 2 is 1.53 bits per heavy atom. The maximum atomic E-state index is 11.7. The molecule has 0 saturated carbocycles. The molecule has 0 aromatic carbocycles. The zero-order chi connectivity index (χ0) is 14.9. The van der Waals surface area contributed by atoms with Crippen LogP contribution in [-0.4, -0.2) is 32.1 Å². The molecule has 4 heteroatoms.